The quantitative estimate of drug-likeness (QED) is 0.556. The maximum absolute atomic E-state index is 11.4. The lowest BCUT2D eigenvalue weighted by Gasteiger charge is -2.09. The Morgan fingerprint density at radius 3 is 2.50 bits per heavy atom. The molecule has 1 heteroatoms. The van der Waals surface area contributed by atoms with E-state index in [0.29, 0.717) is 5.78 Å². The number of rotatable bonds is 6. The van der Waals surface area contributed by atoms with Crippen molar-refractivity contribution in [3.8, 4) is 0 Å². The van der Waals surface area contributed by atoms with Crippen molar-refractivity contribution in [3.63, 3.8) is 0 Å². The number of carbonyl (C=O) groups excluding carboxylic acids is 1. The van der Waals surface area contributed by atoms with E-state index in [-0.39, 0.29) is 5.92 Å². The van der Waals surface area contributed by atoms with Gasteiger partial charge < -0.3 is 0 Å². The molecule has 0 aromatic heterocycles. The molecule has 0 rings (SSSR count). The number of carbonyl (C=O) groups is 1. The molecule has 0 saturated carbocycles. The molecule has 0 heterocycles. The van der Waals surface area contributed by atoms with E-state index < -0.39 is 0 Å². The Morgan fingerprint density at radius 1 is 1.42 bits per heavy atom. The van der Waals surface area contributed by atoms with Crippen LogP contribution in [0.5, 0.6) is 0 Å². The van der Waals surface area contributed by atoms with E-state index in [9.17, 15) is 4.79 Å². The van der Waals surface area contributed by atoms with Gasteiger partial charge in [0.2, 0.25) is 0 Å². The molecule has 0 amide bonds. The molecule has 70 valence electrons. The normalized spacial score (nSPS) is 13.6. The highest BCUT2D eigenvalue weighted by atomic mass is 16.1. The van der Waals surface area contributed by atoms with Crippen LogP contribution >= 0.6 is 0 Å². The lowest BCUT2D eigenvalue weighted by molar-refractivity contribution is -0.122. The molecule has 0 radical (unpaired) electrons. The van der Waals surface area contributed by atoms with Crippen LogP contribution in [0.1, 0.15) is 46.5 Å². The molecule has 0 bridgehead atoms. The fourth-order valence-corrected chi connectivity index (χ4v) is 1.28. The van der Waals surface area contributed by atoms with Gasteiger partial charge in [0, 0.05) is 12.3 Å². The summed E-state index contributed by atoms with van der Waals surface area (Å²) in [6.45, 7) is 6.14. The number of hydrogen-bond acceptors (Lipinski definition) is 1. The summed E-state index contributed by atoms with van der Waals surface area (Å²) in [5.41, 5.74) is 0. The van der Waals surface area contributed by atoms with Crippen molar-refractivity contribution in [1.29, 1.82) is 0 Å². The largest absolute Gasteiger partial charge is 0.299 e. The second kappa shape index (κ2) is 7.08. The average molecular weight is 168 g/mol. The van der Waals surface area contributed by atoms with Crippen molar-refractivity contribution in [1.82, 2.24) is 0 Å². The molecule has 0 saturated heterocycles. The van der Waals surface area contributed by atoms with Crippen LogP contribution in [0.25, 0.3) is 0 Å². The molecule has 1 unspecified atom stereocenters. The zero-order valence-electron chi connectivity index (χ0n) is 8.47. The average Bonchev–Trinajstić information content (AvgIpc) is 2.06. The summed E-state index contributed by atoms with van der Waals surface area (Å²) in [4.78, 5) is 11.4. The zero-order chi connectivity index (χ0) is 9.40. The van der Waals surface area contributed by atoms with E-state index >= 15 is 0 Å². The Labute approximate surface area is 75.9 Å². The number of Topliss-reactive ketones (excluding diaryl/α,β-unsaturated/α-hetero) is 1. The third-order valence-electron chi connectivity index (χ3n) is 2.10. The molecular formula is C11H20O. The molecule has 0 aliphatic rings. The lowest BCUT2D eigenvalue weighted by atomic mass is 9.94. The third kappa shape index (κ3) is 4.32. The van der Waals surface area contributed by atoms with Crippen LogP contribution in [0, 0.1) is 5.92 Å². The van der Waals surface area contributed by atoms with Gasteiger partial charge in [-0.25, -0.2) is 0 Å². The van der Waals surface area contributed by atoms with Gasteiger partial charge in [0.25, 0.3) is 0 Å². The first-order valence-corrected chi connectivity index (χ1v) is 4.90. The standard InChI is InChI=1S/C11H20O/c1-4-7-9-10(6-3)11(12)8-5-2/h4,7,10H,5-6,8-9H2,1-3H3. The number of ketones is 1. The highest BCUT2D eigenvalue weighted by Gasteiger charge is 2.12. The highest BCUT2D eigenvalue weighted by molar-refractivity contribution is 5.81. The smallest absolute Gasteiger partial charge is 0.136 e. The topological polar surface area (TPSA) is 17.1 Å². The molecule has 0 fully saturated rings. The van der Waals surface area contributed by atoms with Crippen LogP contribution in [0.15, 0.2) is 12.2 Å². The van der Waals surface area contributed by atoms with Gasteiger partial charge in [-0.2, -0.15) is 0 Å². The third-order valence-corrected chi connectivity index (χ3v) is 2.10. The fraction of sp³-hybridized carbons (Fsp3) is 0.727. The van der Waals surface area contributed by atoms with Gasteiger partial charge in [-0.3, -0.25) is 4.79 Å². The van der Waals surface area contributed by atoms with Crippen molar-refractivity contribution in [3.05, 3.63) is 12.2 Å². The highest BCUT2D eigenvalue weighted by Crippen LogP contribution is 2.13. The molecule has 0 spiro atoms. The summed E-state index contributed by atoms with van der Waals surface area (Å²) in [6, 6.07) is 0. The summed E-state index contributed by atoms with van der Waals surface area (Å²) in [5.74, 6) is 0.694. The van der Waals surface area contributed by atoms with E-state index in [1.807, 2.05) is 13.0 Å². The van der Waals surface area contributed by atoms with Crippen LogP contribution < -0.4 is 0 Å². The lowest BCUT2D eigenvalue weighted by Crippen LogP contribution is -2.12. The Balaban J connectivity index is 3.87. The second-order valence-electron chi connectivity index (χ2n) is 3.13. The molecule has 1 atom stereocenters. The van der Waals surface area contributed by atoms with E-state index in [1.165, 1.54) is 0 Å². The van der Waals surface area contributed by atoms with Crippen LogP contribution in [0.4, 0.5) is 0 Å². The van der Waals surface area contributed by atoms with Gasteiger partial charge in [-0.05, 0) is 26.2 Å². The Hall–Kier alpha value is -0.590. The molecule has 0 aliphatic heterocycles. The SMILES string of the molecule is CC=CCC(CC)C(=O)CCC. The van der Waals surface area contributed by atoms with E-state index in [2.05, 4.69) is 19.9 Å². The minimum atomic E-state index is 0.265. The van der Waals surface area contributed by atoms with Gasteiger partial charge in [0.15, 0.2) is 0 Å². The molecule has 0 aromatic rings. The van der Waals surface area contributed by atoms with Crippen molar-refractivity contribution in [2.24, 2.45) is 5.92 Å². The number of allylic oxidation sites excluding steroid dienone is 2. The fourth-order valence-electron chi connectivity index (χ4n) is 1.28. The van der Waals surface area contributed by atoms with Crippen molar-refractivity contribution >= 4 is 5.78 Å². The predicted molar refractivity (Wildman–Crippen MR) is 53.1 cm³/mol. The Kier molecular flexibility index (Phi) is 6.73. The van der Waals surface area contributed by atoms with Crippen LogP contribution in [0.3, 0.4) is 0 Å². The first-order valence-electron chi connectivity index (χ1n) is 4.90. The summed E-state index contributed by atoms with van der Waals surface area (Å²) in [5, 5.41) is 0. The molecule has 1 nitrogen and oxygen atoms in total. The van der Waals surface area contributed by atoms with Gasteiger partial charge in [-0.15, -0.1) is 0 Å². The minimum Gasteiger partial charge on any atom is -0.299 e. The van der Waals surface area contributed by atoms with Crippen LogP contribution in [0.2, 0.25) is 0 Å². The molecule has 0 N–H and O–H groups in total. The van der Waals surface area contributed by atoms with Gasteiger partial charge in [-0.1, -0.05) is 26.0 Å². The Bertz CT molecular complexity index is 147. The van der Waals surface area contributed by atoms with Crippen molar-refractivity contribution in [2.75, 3.05) is 0 Å². The zero-order valence-corrected chi connectivity index (χ0v) is 8.47. The maximum atomic E-state index is 11.4. The predicted octanol–water partition coefficient (Wildman–Crippen LogP) is 3.35. The van der Waals surface area contributed by atoms with E-state index in [1.54, 1.807) is 0 Å². The monoisotopic (exact) mass is 168 g/mol. The van der Waals surface area contributed by atoms with E-state index in [4.69, 9.17) is 0 Å². The van der Waals surface area contributed by atoms with Gasteiger partial charge >= 0.3 is 0 Å². The first kappa shape index (κ1) is 11.4. The minimum absolute atomic E-state index is 0.265. The molecule has 12 heavy (non-hydrogen) atoms. The van der Waals surface area contributed by atoms with Crippen LogP contribution in [-0.2, 0) is 4.79 Å². The summed E-state index contributed by atoms with van der Waals surface area (Å²) < 4.78 is 0. The maximum Gasteiger partial charge on any atom is 0.136 e. The summed E-state index contributed by atoms with van der Waals surface area (Å²) >= 11 is 0. The van der Waals surface area contributed by atoms with Gasteiger partial charge in [0.1, 0.15) is 5.78 Å². The summed E-state index contributed by atoms with van der Waals surface area (Å²) in [6.07, 6.45) is 7.72. The van der Waals surface area contributed by atoms with Crippen molar-refractivity contribution in [2.45, 2.75) is 46.5 Å². The first-order chi connectivity index (χ1) is 5.76. The van der Waals surface area contributed by atoms with Crippen molar-refractivity contribution < 1.29 is 4.79 Å². The molecule has 0 aromatic carbocycles. The number of hydrogen-bond donors (Lipinski definition) is 0. The Morgan fingerprint density at radius 2 is 2.08 bits per heavy atom. The summed E-state index contributed by atoms with van der Waals surface area (Å²) in [7, 11) is 0. The molecule has 0 aliphatic carbocycles. The van der Waals surface area contributed by atoms with Gasteiger partial charge in [0.05, 0.1) is 0 Å². The molecular weight excluding hydrogens is 148 g/mol. The second-order valence-corrected chi connectivity index (χ2v) is 3.13. The van der Waals surface area contributed by atoms with Crippen LogP contribution in [-0.4, -0.2) is 5.78 Å². The van der Waals surface area contributed by atoms with E-state index in [0.717, 1.165) is 25.7 Å².